The molecule has 0 bridgehead atoms. The molecule has 0 radical (unpaired) electrons. The van der Waals surface area contributed by atoms with Gasteiger partial charge >= 0.3 is 0 Å². The molecule has 0 aromatic rings. The Morgan fingerprint density at radius 3 is 2.14 bits per heavy atom. The van der Waals surface area contributed by atoms with E-state index in [0.29, 0.717) is 11.5 Å². The van der Waals surface area contributed by atoms with Gasteiger partial charge in [0.05, 0.1) is 46.3 Å². The first-order valence-electron chi connectivity index (χ1n) is 14.8. The quantitative estimate of drug-likeness (QED) is 0.234. The lowest BCUT2D eigenvalue weighted by Crippen LogP contribution is -3.00. The zero-order chi connectivity index (χ0) is 23.1. The minimum atomic E-state index is -0.0971. The van der Waals surface area contributed by atoms with Gasteiger partial charge in [-0.25, -0.2) is 0 Å². The van der Waals surface area contributed by atoms with Crippen molar-refractivity contribution < 1.29 is 62.0 Å². The number of aliphatic hydroxyl groups excluding tert-OH is 1. The number of nitrogens with zero attached hydrogens (tertiary/aromatic N) is 2. The van der Waals surface area contributed by atoms with Crippen LogP contribution in [0.25, 0.3) is 0 Å². The maximum Gasteiger partial charge on any atom is 0.116 e. The number of aliphatic hydroxyl groups is 1. The summed E-state index contributed by atoms with van der Waals surface area (Å²) in [7, 11) is 5.04. The van der Waals surface area contributed by atoms with Gasteiger partial charge in [-0.2, -0.15) is 0 Å². The van der Waals surface area contributed by atoms with Gasteiger partial charge in [0.1, 0.15) is 12.1 Å². The van der Waals surface area contributed by atoms with Gasteiger partial charge in [-0.15, -0.1) is 0 Å². The zero-order valence-corrected chi connectivity index (χ0v) is 27.3. The molecule has 0 amide bonds. The monoisotopic (exact) mass is 710 g/mol. The number of halogens is 2. The van der Waals surface area contributed by atoms with Crippen molar-refractivity contribution in [2.45, 2.75) is 109 Å². The third kappa shape index (κ3) is 4.43. The van der Waals surface area contributed by atoms with Crippen LogP contribution >= 0.6 is 0 Å². The van der Waals surface area contributed by atoms with Gasteiger partial charge in [-0.05, 0) is 68.1 Å². The Kier molecular flexibility index (Phi) is 8.51. The van der Waals surface area contributed by atoms with Crippen LogP contribution in [-0.2, 0) is 0 Å². The average Bonchev–Trinajstić information content (AvgIpc) is 3.36. The fraction of sp³-hybridized carbons (Fsp3) is 0.933. The number of likely N-dealkylation sites (tertiary alicyclic amines) is 2. The number of rotatable bonds is 2. The highest BCUT2D eigenvalue weighted by atomic mass is 127. The first-order valence-corrected chi connectivity index (χ1v) is 14.8. The summed E-state index contributed by atoms with van der Waals surface area (Å²) in [6, 6.07) is 1.35. The highest BCUT2D eigenvalue weighted by Crippen LogP contribution is 2.66. The minimum absolute atomic E-state index is 0. The first-order chi connectivity index (χ1) is 15.7. The van der Waals surface area contributed by atoms with Gasteiger partial charge in [0.2, 0.25) is 0 Å². The molecule has 3 saturated carbocycles. The van der Waals surface area contributed by atoms with Gasteiger partial charge in [0.15, 0.2) is 0 Å². The summed E-state index contributed by atoms with van der Waals surface area (Å²) >= 11 is 0. The standard InChI is InChI=1S/C30H52N2O.2HI/c1-29-14-12-23(31(3)16-8-9-17-31)20-22(29)10-11-24-25(29)13-15-30(2)26(24)21-27(28(30)33)32(4)18-6-5-7-19-32;;/h10,23-28,33H,5-9,11-21H2,1-4H3;2*1H/q+2;;/p-2/t23-,24+,25-,26-,27-,28-,29-,30-;;/m0../s1. The van der Waals surface area contributed by atoms with Crippen LogP contribution in [-0.4, -0.2) is 72.5 Å². The SMILES string of the molecule is C[C@]12CC[C@H]3[C@@H](CC=C4C[C@@H]([N+]5(C)CCCC5)CC[C@@]43C)[C@@H]1C[C@H]([N+]1(C)CCCCC1)[C@@H]2O.[I-].[I-]. The molecule has 2 heterocycles. The molecule has 3 nitrogen and oxygen atoms in total. The molecule has 0 spiro atoms. The summed E-state index contributed by atoms with van der Waals surface area (Å²) in [5.74, 6) is 2.39. The second kappa shape index (κ2) is 10.2. The summed E-state index contributed by atoms with van der Waals surface area (Å²) in [5, 5.41) is 11.8. The van der Waals surface area contributed by atoms with Gasteiger partial charge < -0.3 is 62.0 Å². The molecule has 1 N–H and O–H groups in total. The van der Waals surface area contributed by atoms with Crippen molar-refractivity contribution in [1.29, 1.82) is 0 Å². The van der Waals surface area contributed by atoms with E-state index in [1.807, 2.05) is 5.57 Å². The molecule has 6 rings (SSSR count). The summed E-state index contributed by atoms with van der Waals surface area (Å²) < 4.78 is 2.51. The van der Waals surface area contributed by atoms with E-state index in [-0.39, 0.29) is 59.5 Å². The second-order valence-corrected chi connectivity index (χ2v) is 14.6. The van der Waals surface area contributed by atoms with Gasteiger partial charge in [-0.3, -0.25) is 0 Å². The number of likely N-dealkylation sites (N-methyl/N-ethyl adjacent to an activating group) is 1. The van der Waals surface area contributed by atoms with Crippen LogP contribution in [0.4, 0.5) is 0 Å². The summed E-state index contributed by atoms with van der Waals surface area (Å²) in [5.41, 5.74) is 2.43. The van der Waals surface area contributed by atoms with E-state index in [9.17, 15) is 5.11 Å². The maximum absolute atomic E-state index is 11.8. The van der Waals surface area contributed by atoms with E-state index >= 15 is 0 Å². The Hall–Kier alpha value is 1.08. The van der Waals surface area contributed by atoms with E-state index in [2.05, 4.69) is 34.0 Å². The molecule has 0 unspecified atom stereocenters. The van der Waals surface area contributed by atoms with Crippen molar-refractivity contribution in [2.24, 2.45) is 28.6 Å². The van der Waals surface area contributed by atoms with Gasteiger partial charge in [0, 0.05) is 37.5 Å². The largest absolute Gasteiger partial charge is 1.00 e. The highest BCUT2D eigenvalue weighted by molar-refractivity contribution is 5.26. The molecule has 2 aliphatic heterocycles. The van der Waals surface area contributed by atoms with Crippen LogP contribution in [0, 0.1) is 28.6 Å². The third-order valence-corrected chi connectivity index (χ3v) is 13.2. The number of hydrogen-bond acceptors (Lipinski definition) is 1. The number of hydrogen-bond donors (Lipinski definition) is 1. The lowest BCUT2D eigenvalue weighted by molar-refractivity contribution is -0.940. The zero-order valence-electron chi connectivity index (χ0n) is 23.0. The summed E-state index contributed by atoms with van der Waals surface area (Å²) in [6.45, 7) is 10.6. The van der Waals surface area contributed by atoms with E-state index in [1.54, 1.807) is 0 Å². The lowest BCUT2D eigenvalue weighted by Gasteiger charge is -2.58. The van der Waals surface area contributed by atoms with Crippen molar-refractivity contribution in [1.82, 2.24) is 0 Å². The van der Waals surface area contributed by atoms with Gasteiger partial charge in [-0.1, -0.05) is 25.5 Å². The van der Waals surface area contributed by atoms with Crippen molar-refractivity contribution >= 4 is 0 Å². The van der Waals surface area contributed by atoms with Crippen molar-refractivity contribution in [3.05, 3.63) is 11.6 Å². The Bertz CT molecular complexity index is 804. The molecule has 2 saturated heterocycles. The van der Waals surface area contributed by atoms with Gasteiger partial charge in [0.25, 0.3) is 0 Å². The predicted molar refractivity (Wildman–Crippen MR) is 136 cm³/mol. The molecule has 5 heteroatoms. The maximum atomic E-state index is 11.8. The lowest BCUT2D eigenvalue weighted by atomic mass is 9.47. The molecule has 4 aliphatic carbocycles. The van der Waals surface area contributed by atoms with Crippen molar-refractivity contribution in [3.63, 3.8) is 0 Å². The first kappa shape index (κ1) is 29.1. The molecule has 35 heavy (non-hydrogen) atoms. The van der Waals surface area contributed by atoms with Crippen LogP contribution in [0.3, 0.4) is 0 Å². The van der Waals surface area contributed by atoms with Crippen molar-refractivity contribution in [2.75, 3.05) is 40.3 Å². The normalized spacial score (nSPS) is 47.9. The number of fused-ring (bicyclic) bond motifs is 5. The number of allylic oxidation sites excluding steroid dienone is 1. The van der Waals surface area contributed by atoms with E-state index in [1.165, 1.54) is 108 Å². The molecular weight excluding hydrogens is 658 g/mol. The molecule has 6 aliphatic rings. The Morgan fingerprint density at radius 1 is 0.829 bits per heavy atom. The van der Waals surface area contributed by atoms with Crippen molar-refractivity contribution in [3.8, 4) is 0 Å². The highest BCUT2D eigenvalue weighted by Gasteiger charge is 2.64. The Labute approximate surface area is 250 Å². The fourth-order valence-electron chi connectivity index (χ4n) is 10.7. The third-order valence-electron chi connectivity index (χ3n) is 13.2. The number of piperidine rings is 1. The minimum Gasteiger partial charge on any atom is -1.00 e. The smallest absolute Gasteiger partial charge is 0.116 e. The van der Waals surface area contributed by atoms with Crippen LogP contribution in [0.1, 0.15) is 90.9 Å². The Balaban J connectivity index is 0.00000144. The molecular formula is C30H52I2N2O. The fourth-order valence-corrected chi connectivity index (χ4v) is 10.7. The van der Waals surface area contributed by atoms with E-state index in [0.717, 1.165) is 28.3 Å². The molecule has 0 aromatic heterocycles. The molecule has 0 aromatic carbocycles. The topological polar surface area (TPSA) is 20.2 Å². The summed E-state index contributed by atoms with van der Waals surface area (Å²) in [6.07, 6.45) is 19.1. The van der Waals surface area contributed by atoms with Crippen LogP contribution < -0.4 is 48.0 Å². The number of quaternary nitrogens is 2. The van der Waals surface area contributed by atoms with E-state index < -0.39 is 0 Å². The second-order valence-electron chi connectivity index (χ2n) is 14.6. The van der Waals surface area contributed by atoms with E-state index in [4.69, 9.17) is 0 Å². The van der Waals surface area contributed by atoms with Crippen LogP contribution in [0.15, 0.2) is 11.6 Å². The van der Waals surface area contributed by atoms with Crippen LogP contribution in [0.5, 0.6) is 0 Å². The average molecular weight is 711 g/mol. The Morgan fingerprint density at radius 2 is 1.46 bits per heavy atom. The molecule has 8 atom stereocenters. The predicted octanol–water partition coefficient (Wildman–Crippen LogP) is -0.464. The van der Waals surface area contributed by atoms with Crippen LogP contribution in [0.2, 0.25) is 0 Å². The summed E-state index contributed by atoms with van der Waals surface area (Å²) in [4.78, 5) is 0. The molecule has 202 valence electrons. The molecule has 5 fully saturated rings.